The highest BCUT2D eigenvalue weighted by molar-refractivity contribution is 6.42. The minimum absolute atomic E-state index is 0.232. The number of hydrogen-bond donors (Lipinski definition) is 1. The van der Waals surface area contributed by atoms with Crippen molar-refractivity contribution in [3.05, 3.63) is 76.8 Å². The van der Waals surface area contributed by atoms with Gasteiger partial charge in [0.05, 0.1) is 16.3 Å². The number of halogens is 4. The van der Waals surface area contributed by atoms with E-state index in [4.69, 9.17) is 16.3 Å². The number of rotatable bonds is 5. The van der Waals surface area contributed by atoms with E-state index >= 15 is 0 Å². The first-order valence-electron chi connectivity index (χ1n) is 8.74. The second-order valence-corrected chi connectivity index (χ2v) is 6.70. The maximum absolute atomic E-state index is 13.1. The average molecular weight is 451 g/mol. The number of amides is 4. The number of carbonyl (C=O) groups is 3. The summed E-state index contributed by atoms with van der Waals surface area (Å²) in [5, 5.41) is 1.66. The van der Waals surface area contributed by atoms with Gasteiger partial charge in [-0.2, -0.15) is 13.2 Å². The molecule has 0 atom stereocenters. The lowest BCUT2D eigenvalue weighted by atomic mass is 10.1. The van der Waals surface area contributed by atoms with Crippen LogP contribution in [0.4, 0.5) is 23.7 Å². The van der Waals surface area contributed by atoms with Crippen LogP contribution in [0.2, 0.25) is 5.02 Å². The Kier molecular flexibility index (Phi) is 6.16. The number of carbonyl (C=O) groups excluding carboxylic acids is 3. The normalized spacial score (nSPS) is 15.8. The molecule has 2 aromatic carbocycles. The summed E-state index contributed by atoms with van der Waals surface area (Å²) in [7, 11) is 0. The molecule has 0 spiro atoms. The van der Waals surface area contributed by atoms with E-state index in [1.165, 1.54) is 18.2 Å². The van der Waals surface area contributed by atoms with Gasteiger partial charge in [-0.25, -0.2) is 9.69 Å². The van der Waals surface area contributed by atoms with Gasteiger partial charge in [-0.05, 0) is 42.0 Å². The number of hydrogen-bond acceptors (Lipinski definition) is 4. The van der Waals surface area contributed by atoms with Crippen LogP contribution in [0.3, 0.4) is 0 Å². The SMILES string of the molecule is C=CCOc1cccc(/C=C2\C(=O)NC(=O)N(c3cc(C(F)(F)F)ccc3Cl)C2=O)c1. The summed E-state index contributed by atoms with van der Waals surface area (Å²) in [5.41, 5.74) is -1.68. The molecule has 31 heavy (non-hydrogen) atoms. The zero-order valence-electron chi connectivity index (χ0n) is 15.7. The van der Waals surface area contributed by atoms with Crippen LogP contribution >= 0.6 is 11.6 Å². The van der Waals surface area contributed by atoms with E-state index < -0.39 is 40.8 Å². The van der Waals surface area contributed by atoms with Crippen LogP contribution in [0, 0.1) is 0 Å². The summed E-state index contributed by atoms with van der Waals surface area (Å²) in [6.07, 6.45) is -2.00. The molecule has 1 aliphatic heterocycles. The Morgan fingerprint density at radius 1 is 1.13 bits per heavy atom. The molecule has 4 amide bonds. The third kappa shape index (κ3) is 4.77. The van der Waals surface area contributed by atoms with E-state index in [9.17, 15) is 27.6 Å². The highest BCUT2D eigenvalue weighted by Gasteiger charge is 2.39. The fourth-order valence-corrected chi connectivity index (χ4v) is 2.95. The van der Waals surface area contributed by atoms with E-state index in [0.29, 0.717) is 22.3 Å². The number of urea groups is 1. The fraction of sp³-hybridized carbons (Fsp3) is 0.0952. The van der Waals surface area contributed by atoms with Crippen molar-refractivity contribution in [2.45, 2.75) is 6.18 Å². The molecule has 1 saturated heterocycles. The van der Waals surface area contributed by atoms with E-state index in [-0.39, 0.29) is 11.6 Å². The molecule has 2 aromatic rings. The van der Waals surface area contributed by atoms with Crippen LogP contribution < -0.4 is 15.0 Å². The number of anilines is 1. The zero-order chi connectivity index (χ0) is 22.8. The highest BCUT2D eigenvalue weighted by atomic mass is 35.5. The molecule has 0 saturated carbocycles. The van der Waals surface area contributed by atoms with Crippen LogP contribution in [0.1, 0.15) is 11.1 Å². The fourth-order valence-electron chi connectivity index (χ4n) is 2.75. The molecule has 10 heteroatoms. The van der Waals surface area contributed by atoms with Crippen molar-refractivity contribution in [3.8, 4) is 5.75 Å². The van der Waals surface area contributed by atoms with Crippen LogP contribution in [0.5, 0.6) is 5.75 Å². The number of imide groups is 2. The standard InChI is InChI=1S/C21H14ClF3N2O4/c1-2-8-31-14-5-3-4-12(9-14)10-15-18(28)26-20(30)27(19(15)29)17-11-13(21(23,24)25)6-7-16(17)22/h2-7,9-11H,1,8H2,(H,26,28,30)/b15-10+. The monoisotopic (exact) mass is 450 g/mol. The maximum atomic E-state index is 13.1. The number of nitrogens with zero attached hydrogens (tertiary/aromatic N) is 1. The predicted molar refractivity (Wildman–Crippen MR) is 108 cm³/mol. The Labute approximate surface area is 179 Å². The van der Waals surface area contributed by atoms with Crippen LogP contribution in [-0.4, -0.2) is 24.5 Å². The average Bonchev–Trinajstić information content (AvgIpc) is 2.70. The van der Waals surface area contributed by atoms with E-state index in [1.54, 1.807) is 18.2 Å². The van der Waals surface area contributed by atoms with Gasteiger partial charge in [-0.15, -0.1) is 0 Å². The highest BCUT2D eigenvalue weighted by Crippen LogP contribution is 2.36. The number of alkyl halides is 3. The summed E-state index contributed by atoms with van der Waals surface area (Å²) in [6.45, 7) is 3.76. The van der Waals surface area contributed by atoms with E-state index in [1.807, 2.05) is 5.32 Å². The molecule has 0 radical (unpaired) electrons. The molecular formula is C21H14ClF3N2O4. The topological polar surface area (TPSA) is 75.7 Å². The van der Waals surface area contributed by atoms with E-state index in [2.05, 4.69) is 6.58 Å². The van der Waals surface area contributed by atoms with Crippen molar-refractivity contribution < 1.29 is 32.3 Å². The minimum Gasteiger partial charge on any atom is -0.490 e. The lowest BCUT2D eigenvalue weighted by molar-refractivity contribution is -0.137. The van der Waals surface area contributed by atoms with E-state index in [0.717, 1.165) is 12.1 Å². The summed E-state index contributed by atoms with van der Waals surface area (Å²) < 4.78 is 44.6. The lowest BCUT2D eigenvalue weighted by Gasteiger charge is -2.27. The molecule has 1 heterocycles. The quantitative estimate of drug-likeness (QED) is 0.411. The number of nitrogens with one attached hydrogen (secondary N) is 1. The first-order valence-corrected chi connectivity index (χ1v) is 9.11. The zero-order valence-corrected chi connectivity index (χ0v) is 16.5. The molecule has 0 bridgehead atoms. The molecule has 3 rings (SSSR count). The Balaban J connectivity index is 2.02. The second-order valence-electron chi connectivity index (χ2n) is 6.29. The first kappa shape index (κ1) is 22.1. The molecule has 0 unspecified atom stereocenters. The van der Waals surface area contributed by atoms with Gasteiger partial charge in [0.25, 0.3) is 11.8 Å². The summed E-state index contributed by atoms with van der Waals surface area (Å²) in [6, 6.07) is 7.36. The summed E-state index contributed by atoms with van der Waals surface area (Å²) in [4.78, 5) is 37.8. The molecule has 0 aromatic heterocycles. The molecule has 1 aliphatic rings. The second kappa shape index (κ2) is 8.65. The maximum Gasteiger partial charge on any atom is 0.416 e. The van der Waals surface area contributed by atoms with Gasteiger partial charge in [0.1, 0.15) is 17.9 Å². The minimum atomic E-state index is -4.73. The van der Waals surface area contributed by atoms with Gasteiger partial charge < -0.3 is 4.74 Å². The molecule has 6 nitrogen and oxygen atoms in total. The number of barbiturate groups is 1. The lowest BCUT2D eigenvalue weighted by Crippen LogP contribution is -2.54. The van der Waals surface area contributed by atoms with Crippen molar-refractivity contribution in [3.63, 3.8) is 0 Å². The van der Waals surface area contributed by atoms with Gasteiger partial charge in [0, 0.05) is 0 Å². The molecular weight excluding hydrogens is 437 g/mol. The van der Waals surface area contributed by atoms with Crippen molar-refractivity contribution in [2.24, 2.45) is 0 Å². The van der Waals surface area contributed by atoms with Crippen LogP contribution in [0.15, 0.2) is 60.7 Å². The predicted octanol–water partition coefficient (Wildman–Crippen LogP) is 4.59. The molecule has 1 fully saturated rings. The van der Waals surface area contributed by atoms with Crippen LogP contribution in [0.25, 0.3) is 6.08 Å². The Hall–Kier alpha value is -3.59. The molecule has 160 valence electrons. The van der Waals surface area contributed by atoms with Crippen molar-refractivity contribution in [1.82, 2.24) is 5.32 Å². The van der Waals surface area contributed by atoms with Gasteiger partial charge in [-0.1, -0.05) is 36.4 Å². The largest absolute Gasteiger partial charge is 0.490 e. The van der Waals surface area contributed by atoms with Crippen molar-refractivity contribution in [2.75, 3.05) is 11.5 Å². The van der Waals surface area contributed by atoms with Gasteiger partial charge in [-0.3, -0.25) is 14.9 Å². The Morgan fingerprint density at radius 3 is 2.55 bits per heavy atom. The van der Waals surface area contributed by atoms with Gasteiger partial charge in [0.2, 0.25) is 0 Å². The van der Waals surface area contributed by atoms with Crippen LogP contribution in [-0.2, 0) is 15.8 Å². The van der Waals surface area contributed by atoms with Crippen molar-refractivity contribution >= 4 is 41.2 Å². The number of benzene rings is 2. The molecule has 1 N–H and O–H groups in total. The molecule has 0 aliphatic carbocycles. The third-order valence-electron chi connectivity index (χ3n) is 4.15. The van der Waals surface area contributed by atoms with Crippen molar-refractivity contribution in [1.29, 1.82) is 0 Å². The summed E-state index contributed by atoms with van der Waals surface area (Å²) >= 11 is 5.95. The third-order valence-corrected chi connectivity index (χ3v) is 4.47. The summed E-state index contributed by atoms with van der Waals surface area (Å²) in [5.74, 6) is -1.68. The Morgan fingerprint density at radius 2 is 1.87 bits per heavy atom. The van der Waals surface area contributed by atoms with Gasteiger partial charge in [0.15, 0.2) is 0 Å². The smallest absolute Gasteiger partial charge is 0.416 e. The van der Waals surface area contributed by atoms with Gasteiger partial charge >= 0.3 is 12.2 Å². The Bertz CT molecular complexity index is 1110. The first-order chi connectivity index (χ1) is 14.6. The number of ether oxygens (including phenoxy) is 1.